The molecule has 1 fully saturated rings. The molecule has 0 aromatic heterocycles. The molecule has 0 radical (unpaired) electrons. The van der Waals surface area contributed by atoms with Gasteiger partial charge in [0.1, 0.15) is 11.2 Å². The van der Waals surface area contributed by atoms with Crippen LogP contribution in [0, 0.1) is 11.2 Å². The summed E-state index contributed by atoms with van der Waals surface area (Å²) in [4.78, 5) is 23.5. The van der Waals surface area contributed by atoms with Gasteiger partial charge in [-0.2, -0.15) is 0 Å². The van der Waals surface area contributed by atoms with Gasteiger partial charge < -0.3 is 10.4 Å². The number of hydrogen-bond donors (Lipinski definition) is 2. The van der Waals surface area contributed by atoms with Crippen molar-refractivity contribution in [3.63, 3.8) is 0 Å². The molecule has 0 bridgehead atoms. The molecule has 0 aliphatic heterocycles. The molecule has 1 aromatic rings. The second-order valence-electron chi connectivity index (χ2n) is 5.30. The minimum Gasteiger partial charge on any atom is -0.480 e. The Hall–Kier alpha value is -1.62. The molecule has 0 saturated heterocycles. The molecule has 2 rings (SSSR count). The zero-order valence-electron chi connectivity index (χ0n) is 11.0. The van der Waals surface area contributed by atoms with Crippen LogP contribution in [0.2, 0.25) is 5.02 Å². The summed E-state index contributed by atoms with van der Waals surface area (Å²) >= 11 is 5.65. The summed E-state index contributed by atoms with van der Waals surface area (Å²) in [6.07, 6.45) is 1.50. The van der Waals surface area contributed by atoms with Gasteiger partial charge in [-0.25, -0.2) is 4.39 Å². The number of benzene rings is 1. The third kappa shape index (κ3) is 3.10. The van der Waals surface area contributed by atoms with Crippen molar-refractivity contribution in [1.29, 1.82) is 0 Å². The second-order valence-corrected chi connectivity index (χ2v) is 5.73. The lowest BCUT2D eigenvalue weighted by atomic mass is 9.82. The van der Waals surface area contributed by atoms with Crippen LogP contribution in [0.4, 0.5) is 4.39 Å². The monoisotopic (exact) mass is 299 g/mol. The van der Waals surface area contributed by atoms with Crippen molar-refractivity contribution < 1.29 is 19.1 Å². The number of carbonyl (C=O) groups is 2. The van der Waals surface area contributed by atoms with Gasteiger partial charge in [-0.05, 0) is 37.5 Å². The van der Waals surface area contributed by atoms with E-state index in [-0.39, 0.29) is 23.0 Å². The summed E-state index contributed by atoms with van der Waals surface area (Å²) in [5.41, 5.74) is -1.54. The van der Waals surface area contributed by atoms with Crippen LogP contribution in [0.1, 0.15) is 25.3 Å². The van der Waals surface area contributed by atoms with E-state index in [4.69, 9.17) is 11.6 Å². The summed E-state index contributed by atoms with van der Waals surface area (Å²) in [5, 5.41) is 12.2. The standard InChI is InChI=1S/C14H15ClFNO3/c1-14(13(19)20,12(18)17-10-4-5-10)7-8-2-3-9(15)6-11(8)16/h2-3,6,10H,4-5,7H2,1H3,(H,17,18)(H,19,20). The molecule has 1 saturated carbocycles. The number of carbonyl (C=O) groups excluding carboxylic acids is 1. The molecule has 1 aromatic carbocycles. The molecule has 0 spiro atoms. The van der Waals surface area contributed by atoms with Gasteiger partial charge in [0.2, 0.25) is 5.91 Å². The lowest BCUT2D eigenvalue weighted by Gasteiger charge is -2.24. The smallest absolute Gasteiger partial charge is 0.319 e. The highest BCUT2D eigenvalue weighted by molar-refractivity contribution is 6.30. The van der Waals surface area contributed by atoms with E-state index in [1.807, 2.05) is 0 Å². The fourth-order valence-electron chi connectivity index (χ4n) is 1.87. The van der Waals surface area contributed by atoms with Crippen LogP contribution in [-0.4, -0.2) is 23.0 Å². The lowest BCUT2D eigenvalue weighted by Crippen LogP contribution is -2.46. The fourth-order valence-corrected chi connectivity index (χ4v) is 2.03. The Labute approximate surface area is 120 Å². The Morgan fingerprint density at radius 2 is 2.15 bits per heavy atom. The van der Waals surface area contributed by atoms with Crippen molar-refractivity contribution in [3.05, 3.63) is 34.6 Å². The maximum atomic E-state index is 13.8. The van der Waals surface area contributed by atoms with E-state index in [9.17, 15) is 19.1 Å². The maximum absolute atomic E-state index is 13.8. The van der Waals surface area contributed by atoms with Crippen LogP contribution in [-0.2, 0) is 16.0 Å². The molecule has 1 aliphatic rings. The average Bonchev–Trinajstić information content (AvgIpc) is 3.16. The second kappa shape index (κ2) is 5.40. The third-order valence-electron chi connectivity index (χ3n) is 3.44. The predicted molar refractivity (Wildman–Crippen MR) is 72.0 cm³/mol. The Balaban J connectivity index is 2.23. The third-order valence-corrected chi connectivity index (χ3v) is 3.68. The molecule has 6 heteroatoms. The molecular formula is C14H15ClFNO3. The summed E-state index contributed by atoms with van der Waals surface area (Å²) in [6, 6.07) is 4.04. The average molecular weight is 300 g/mol. The van der Waals surface area contributed by atoms with Crippen molar-refractivity contribution in [1.82, 2.24) is 5.32 Å². The zero-order chi connectivity index (χ0) is 14.9. The number of halogens is 2. The molecule has 1 unspecified atom stereocenters. The topological polar surface area (TPSA) is 66.4 Å². The van der Waals surface area contributed by atoms with Crippen molar-refractivity contribution in [3.8, 4) is 0 Å². The van der Waals surface area contributed by atoms with E-state index in [0.29, 0.717) is 0 Å². The zero-order valence-corrected chi connectivity index (χ0v) is 11.7. The van der Waals surface area contributed by atoms with Gasteiger partial charge in [0.25, 0.3) is 0 Å². The van der Waals surface area contributed by atoms with E-state index >= 15 is 0 Å². The van der Waals surface area contributed by atoms with E-state index in [0.717, 1.165) is 18.9 Å². The number of amides is 1. The summed E-state index contributed by atoms with van der Waals surface area (Å²) in [7, 11) is 0. The Bertz CT molecular complexity index is 559. The molecule has 2 N–H and O–H groups in total. The Morgan fingerprint density at radius 1 is 1.50 bits per heavy atom. The highest BCUT2D eigenvalue weighted by atomic mass is 35.5. The van der Waals surface area contributed by atoms with Gasteiger partial charge in [-0.1, -0.05) is 17.7 Å². The maximum Gasteiger partial charge on any atom is 0.319 e. The fraction of sp³-hybridized carbons (Fsp3) is 0.429. The number of hydrogen-bond acceptors (Lipinski definition) is 2. The van der Waals surface area contributed by atoms with E-state index < -0.39 is 23.1 Å². The van der Waals surface area contributed by atoms with Gasteiger partial charge in [0.15, 0.2) is 0 Å². The van der Waals surface area contributed by atoms with Gasteiger partial charge in [-0.15, -0.1) is 0 Å². The molecule has 108 valence electrons. The predicted octanol–water partition coefficient (Wildman–Crippen LogP) is 2.39. The van der Waals surface area contributed by atoms with Crippen molar-refractivity contribution in [2.75, 3.05) is 0 Å². The van der Waals surface area contributed by atoms with E-state index in [1.165, 1.54) is 19.1 Å². The number of rotatable bonds is 5. The molecule has 20 heavy (non-hydrogen) atoms. The van der Waals surface area contributed by atoms with Crippen LogP contribution in [0.25, 0.3) is 0 Å². The molecule has 1 aliphatic carbocycles. The summed E-state index contributed by atoms with van der Waals surface area (Å²) < 4.78 is 13.8. The number of nitrogens with one attached hydrogen (secondary N) is 1. The van der Waals surface area contributed by atoms with Crippen LogP contribution >= 0.6 is 11.6 Å². The molecule has 4 nitrogen and oxygen atoms in total. The van der Waals surface area contributed by atoms with Gasteiger partial charge >= 0.3 is 5.97 Å². The molecule has 1 amide bonds. The van der Waals surface area contributed by atoms with Crippen LogP contribution < -0.4 is 5.32 Å². The first kappa shape index (κ1) is 14.8. The first-order valence-corrected chi connectivity index (χ1v) is 6.69. The minimum atomic E-state index is -1.70. The molecule has 1 atom stereocenters. The first-order chi connectivity index (χ1) is 9.33. The summed E-state index contributed by atoms with van der Waals surface area (Å²) in [6.45, 7) is 1.31. The number of aliphatic carboxylic acids is 1. The number of carboxylic acid groups (broad SMARTS) is 1. The normalized spacial score (nSPS) is 17.4. The van der Waals surface area contributed by atoms with Crippen molar-refractivity contribution in [2.24, 2.45) is 5.41 Å². The molecular weight excluding hydrogens is 285 g/mol. The van der Waals surface area contributed by atoms with Crippen LogP contribution in [0.3, 0.4) is 0 Å². The Kier molecular flexibility index (Phi) is 3.99. The SMILES string of the molecule is CC(Cc1ccc(Cl)cc1F)(C(=O)O)C(=O)NC1CC1. The van der Waals surface area contributed by atoms with Crippen LogP contribution in [0.15, 0.2) is 18.2 Å². The van der Waals surface area contributed by atoms with Gasteiger partial charge in [-0.3, -0.25) is 9.59 Å². The Morgan fingerprint density at radius 3 is 2.65 bits per heavy atom. The highest BCUT2D eigenvalue weighted by Crippen LogP contribution is 2.28. The minimum absolute atomic E-state index is 0.0521. The van der Waals surface area contributed by atoms with Crippen molar-refractivity contribution >= 4 is 23.5 Å². The lowest BCUT2D eigenvalue weighted by molar-refractivity contribution is -0.154. The van der Waals surface area contributed by atoms with Gasteiger partial charge in [0.05, 0.1) is 0 Å². The highest BCUT2D eigenvalue weighted by Gasteiger charge is 2.43. The quantitative estimate of drug-likeness (QED) is 0.820. The largest absolute Gasteiger partial charge is 0.480 e. The van der Waals surface area contributed by atoms with E-state index in [1.54, 1.807) is 0 Å². The van der Waals surface area contributed by atoms with Crippen molar-refractivity contribution in [2.45, 2.75) is 32.2 Å². The molecule has 0 heterocycles. The first-order valence-electron chi connectivity index (χ1n) is 6.31. The van der Waals surface area contributed by atoms with Crippen LogP contribution in [0.5, 0.6) is 0 Å². The summed E-state index contributed by atoms with van der Waals surface area (Å²) in [5.74, 6) is -2.46. The number of carboxylic acids is 1. The van der Waals surface area contributed by atoms with Gasteiger partial charge in [0, 0.05) is 17.5 Å². The van der Waals surface area contributed by atoms with E-state index in [2.05, 4.69) is 5.32 Å².